The average molecular weight is 414 g/mol. The number of hydrazone groups is 1. The molecule has 30 heavy (non-hydrogen) atoms. The zero-order chi connectivity index (χ0) is 21.1. The standard InChI is InChI=1S/C25H20ClN3O/c1-16-7-9-19(10-8-16)24-15-22(21-5-3-4-6-23(21)27-24)25(30)29-28-17(2)18-11-13-20(26)14-12-18/h3-15H,1-2H3,(H,29,30)/b28-17-. The second-order valence-corrected chi connectivity index (χ2v) is 7.52. The normalized spacial score (nSPS) is 11.5. The maximum absolute atomic E-state index is 13.0. The second-order valence-electron chi connectivity index (χ2n) is 7.08. The first-order valence-corrected chi connectivity index (χ1v) is 9.96. The van der Waals surface area contributed by atoms with E-state index in [1.54, 1.807) is 12.1 Å². The fourth-order valence-electron chi connectivity index (χ4n) is 3.19. The molecule has 0 aliphatic rings. The van der Waals surface area contributed by atoms with Gasteiger partial charge in [0.05, 0.1) is 22.5 Å². The number of nitrogens with one attached hydrogen (secondary N) is 1. The number of aryl methyl sites for hydroxylation is 1. The predicted octanol–water partition coefficient (Wildman–Crippen LogP) is 6.02. The number of hydrogen-bond donors (Lipinski definition) is 1. The number of amides is 1. The largest absolute Gasteiger partial charge is 0.272 e. The highest BCUT2D eigenvalue weighted by Gasteiger charge is 2.14. The maximum Gasteiger partial charge on any atom is 0.272 e. The fourth-order valence-corrected chi connectivity index (χ4v) is 3.31. The van der Waals surface area contributed by atoms with Crippen LogP contribution in [0.15, 0.2) is 84.0 Å². The van der Waals surface area contributed by atoms with E-state index in [1.165, 1.54) is 5.56 Å². The molecule has 0 atom stereocenters. The maximum atomic E-state index is 13.0. The van der Waals surface area contributed by atoms with E-state index < -0.39 is 0 Å². The van der Waals surface area contributed by atoms with Crippen molar-refractivity contribution in [3.05, 3.63) is 101 Å². The van der Waals surface area contributed by atoms with Crippen LogP contribution in [0.3, 0.4) is 0 Å². The molecule has 1 heterocycles. The van der Waals surface area contributed by atoms with Gasteiger partial charge in [-0.2, -0.15) is 5.10 Å². The molecular weight excluding hydrogens is 394 g/mol. The number of halogens is 1. The molecule has 148 valence electrons. The van der Waals surface area contributed by atoms with E-state index in [9.17, 15) is 4.79 Å². The van der Waals surface area contributed by atoms with Gasteiger partial charge in [0.2, 0.25) is 0 Å². The third-order valence-corrected chi connectivity index (χ3v) is 5.15. The number of para-hydroxylation sites is 1. The minimum absolute atomic E-state index is 0.282. The van der Waals surface area contributed by atoms with Gasteiger partial charge in [0, 0.05) is 16.0 Å². The zero-order valence-electron chi connectivity index (χ0n) is 16.7. The van der Waals surface area contributed by atoms with Crippen molar-refractivity contribution in [2.24, 2.45) is 5.10 Å². The highest BCUT2D eigenvalue weighted by atomic mass is 35.5. The molecule has 1 amide bonds. The third kappa shape index (κ3) is 4.24. The zero-order valence-corrected chi connectivity index (χ0v) is 17.4. The van der Waals surface area contributed by atoms with Gasteiger partial charge in [-0.15, -0.1) is 0 Å². The Morgan fingerprint density at radius 3 is 2.40 bits per heavy atom. The molecule has 0 aliphatic heterocycles. The molecule has 0 aliphatic carbocycles. The van der Waals surface area contributed by atoms with Crippen LogP contribution in [0.4, 0.5) is 0 Å². The Labute approximate surface area is 180 Å². The van der Waals surface area contributed by atoms with Crippen LogP contribution in [0.1, 0.15) is 28.4 Å². The summed E-state index contributed by atoms with van der Waals surface area (Å²) < 4.78 is 0. The molecule has 1 N–H and O–H groups in total. The summed E-state index contributed by atoms with van der Waals surface area (Å²) in [5.41, 5.74) is 8.43. The number of carbonyl (C=O) groups excluding carboxylic acids is 1. The number of benzene rings is 3. The fraction of sp³-hybridized carbons (Fsp3) is 0.0800. The lowest BCUT2D eigenvalue weighted by atomic mass is 10.0. The van der Waals surface area contributed by atoms with E-state index in [4.69, 9.17) is 16.6 Å². The summed E-state index contributed by atoms with van der Waals surface area (Å²) in [6.07, 6.45) is 0. The van der Waals surface area contributed by atoms with Crippen molar-refractivity contribution in [2.75, 3.05) is 0 Å². The number of carbonyl (C=O) groups is 1. The Morgan fingerprint density at radius 1 is 0.967 bits per heavy atom. The van der Waals surface area contributed by atoms with E-state index >= 15 is 0 Å². The molecule has 4 aromatic rings. The van der Waals surface area contributed by atoms with Crippen molar-refractivity contribution in [3.63, 3.8) is 0 Å². The molecule has 0 unspecified atom stereocenters. The van der Waals surface area contributed by atoms with Crippen LogP contribution in [0.2, 0.25) is 5.02 Å². The van der Waals surface area contributed by atoms with E-state index in [0.29, 0.717) is 16.3 Å². The Bertz CT molecular complexity index is 1250. The molecule has 3 aromatic carbocycles. The first kappa shape index (κ1) is 19.8. The van der Waals surface area contributed by atoms with Gasteiger partial charge in [0.1, 0.15) is 0 Å². The molecule has 5 heteroatoms. The van der Waals surface area contributed by atoms with Crippen LogP contribution in [-0.2, 0) is 0 Å². The van der Waals surface area contributed by atoms with Gasteiger partial charge in [0.15, 0.2) is 0 Å². The Morgan fingerprint density at radius 2 is 1.67 bits per heavy atom. The summed E-state index contributed by atoms with van der Waals surface area (Å²) in [4.78, 5) is 17.8. The lowest BCUT2D eigenvalue weighted by Gasteiger charge is -2.10. The quantitative estimate of drug-likeness (QED) is 0.328. The number of pyridine rings is 1. The van der Waals surface area contributed by atoms with Gasteiger partial charge in [-0.1, -0.05) is 71.8 Å². The number of nitrogens with zero attached hydrogens (tertiary/aromatic N) is 2. The number of aromatic nitrogens is 1. The third-order valence-electron chi connectivity index (χ3n) is 4.90. The van der Waals surface area contributed by atoms with Crippen molar-refractivity contribution >= 4 is 34.1 Å². The predicted molar refractivity (Wildman–Crippen MR) is 123 cm³/mol. The summed E-state index contributed by atoms with van der Waals surface area (Å²) in [6, 6.07) is 24.8. The van der Waals surface area contributed by atoms with Crippen molar-refractivity contribution in [3.8, 4) is 11.3 Å². The van der Waals surface area contributed by atoms with Gasteiger partial charge in [0.25, 0.3) is 5.91 Å². The van der Waals surface area contributed by atoms with E-state index in [1.807, 2.05) is 80.6 Å². The topological polar surface area (TPSA) is 54.4 Å². The summed E-state index contributed by atoms with van der Waals surface area (Å²) in [6.45, 7) is 3.88. The molecule has 0 spiro atoms. The smallest absolute Gasteiger partial charge is 0.267 e. The molecule has 0 fully saturated rings. The number of rotatable bonds is 4. The molecule has 0 radical (unpaired) electrons. The average Bonchev–Trinajstić information content (AvgIpc) is 2.77. The van der Waals surface area contributed by atoms with Crippen molar-refractivity contribution in [2.45, 2.75) is 13.8 Å². The van der Waals surface area contributed by atoms with Crippen LogP contribution in [0, 0.1) is 6.92 Å². The summed E-state index contributed by atoms with van der Waals surface area (Å²) >= 11 is 5.94. The van der Waals surface area contributed by atoms with Crippen molar-refractivity contribution < 1.29 is 4.79 Å². The van der Waals surface area contributed by atoms with E-state index in [-0.39, 0.29) is 5.91 Å². The first-order valence-electron chi connectivity index (χ1n) is 9.58. The van der Waals surface area contributed by atoms with E-state index in [0.717, 1.165) is 27.7 Å². The number of fused-ring (bicyclic) bond motifs is 1. The van der Waals surface area contributed by atoms with Gasteiger partial charge >= 0.3 is 0 Å². The van der Waals surface area contributed by atoms with Gasteiger partial charge in [-0.05, 0) is 43.7 Å². The second kappa shape index (κ2) is 8.47. The molecule has 1 aromatic heterocycles. The van der Waals surface area contributed by atoms with Gasteiger partial charge in [-0.3, -0.25) is 4.79 Å². The van der Waals surface area contributed by atoms with Crippen LogP contribution >= 0.6 is 11.6 Å². The Balaban J connectivity index is 1.70. The SMILES string of the molecule is C/C(=N/NC(=O)c1cc(-c2ccc(C)cc2)nc2ccccc12)c1ccc(Cl)cc1. The molecule has 0 bridgehead atoms. The van der Waals surface area contributed by atoms with Crippen LogP contribution in [0.5, 0.6) is 0 Å². The minimum atomic E-state index is -0.282. The minimum Gasteiger partial charge on any atom is -0.267 e. The lowest BCUT2D eigenvalue weighted by Crippen LogP contribution is -2.20. The first-order chi connectivity index (χ1) is 14.5. The summed E-state index contributed by atoms with van der Waals surface area (Å²) in [5.74, 6) is -0.282. The van der Waals surface area contributed by atoms with Gasteiger partial charge in [-0.25, -0.2) is 10.4 Å². The Hall–Kier alpha value is -3.50. The number of hydrogen-bond acceptors (Lipinski definition) is 3. The van der Waals surface area contributed by atoms with Crippen LogP contribution in [-0.4, -0.2) is 16.6 Å². The molecule has 4 rings (SSSR count). The molecular formula is C25H20ClN3O. The Kier molecular flexibility index (Phi) is 5.59. The van der Waals surface area contributed by atoms with Crippen molar-refractivity contribution in [1.82, 2.24) is 10.4 Å². The summed E-state index contributed by atoms with van der Waals surface area (Å²) in [7, 11) is 0. The lowest BCUT2D eigenvalue weighted by molar-refractivity contribution is 0.0956. The summed E-state index contributed by atoms with van der Waals surface area (Å²) in [5, 5.41) is 5.71. The molecule has 0 saturated carbocycles. The monoisotopic (exact) mass is 413 g/mol. The van der Waals surface area contributed by atoms with Gasteiger partial charge < -0.3 is 0 Å². The molecule has 4 nitrogen and oxygen atoms in total. The highest BCUT2D eigenvalue weighted by Crippen LogP contribution is 2.25. The molecule has 0 saturated heterocycles. The highest BCUT2D eigenvalue weighted by molar-refractivity contribution is 6.30. The van der Waals surface area contributed by atoms with Crippen LogP contribution < -0.4 is 5.43 Å². The van der Waals surface area contributed by atoms with Crippen molar-refractivity contribution in [1.29, 1.82) is 0 Å². The van der Waals surface area contributed by atoms with Crippen LogP contribution in [0.25, 0.3) is 22.2 Å². The van der Waals surface area contributed by atoms with E-state index in [2.05, 4.69) is 10.5 Å².